The molecule has 24 N–H and O–H groups in total. The first kappa shape index (κ1) is 28.7. The third-order valence-electron chi connectivity index (χ3n) is 6.89. The van der Waals surface area contributed by atoms with Crippen LogP contribution in [0.15, 0.2) is 72.8 Å². The summed E-state index contributed by atoms with van der Waals surface area (Å²) in [6.07, 6.45) is 0. The van der Waals surface area contributed by atoms with Crippen molar-refractivity contribution in [1.82, 2.24) is 0 Å². The van der Waals surface area contributed by atoms with Crippen LogP contribution in [0.25, 0.3) is 32.3 Å². The minimum absolute atomic E-state index is 0.550. The maximum atomic E-state index is 5.82. The SMILES string of the molecule is Nc1cc2cc(N)c(N)cc2cc1N.Nc1ccc(N)c2c(N)ccc(N)c12.Nc1ccc2c(N)c(N)ccc2c1N. The number of hydrogen-bond acceptors (Lipinski definition) is 12. The Hall–Kier alpha value is -6.30. The van der Waals surface area contributed by atoms with E-state index in [0.717, 1.165) is 32.3 Å². The largest absolute Gasteiger partial charge is 0.398 e. The van der Waals surface area contributed by atoms with Crippen molar-refractivity contribution in [1.29, 1.82) is 0 Å². The number of anilines is 12. The van der Waals surface area contributed by atoms with Crippen LogP contribution in [0.4, 0.5) is 68.2 Å². The van der Waals surface area contributed by atoms with E-state index in [-0.39, 0.29) is 0 Å². The van der Waals surface area contributed by atoms with Crippen molar-refractivity contribution in [2.45, 2.75) is 0 Å². The predicted molar refractivity (Wildman–Crippen MR) is 185 cm³/mol. The van der Waals surface area contributed by atoms with Crippen LogP contribution < -0.4 is 68.8 Å². The van der Waals surface area contributed by atoms with Gasteiger partial charge in [-0.2, -0.15) is 0 Å². The molecule has 6 aromatic rings. The second-order valence-electron chi connectivity index (χ2n) is 9.78. The molecular formula is C30H36N12. The fourth-order valence-electron chi connectivity index (χ4n) is 4.51. The lowest BCUT2D eigenvalue weighted by atomic mass is 10.0. The van der Waals surface area contributed by atoms with Gasteiger partial charge in [-0.1, -0.05) is 12.1 Å². The van der Waals surface area contributed by atoms with Gasteiger partial charge in [-0.25, -0.2) is 0 Å². The van der Waals surface area contributed by atoms with E-state index in [2.05, 4.69) is 0 Å². The Morgan fingerprint density at radius 1 is 0.262 bits per heavy atom. The van der Waals surface area contributed by atoms with Gasteiger partial charge in [0.2, 0.25) is 0 Å². The van der Waals surface area contributed by atoms with E-state index < -0.39 is 0 Å². The first-order chi connectivity index (χ1) is 19.8. The van der Waals surface area contributed by atoms with Gasteiger partial charge in [-0.05, 0) is 71.4 Å². The first-order valence-corrected chi connectivity index (χ1v) is 12.7. The third-order valence-corrected chi connectivity index (χ3v) is 6.89. The van der Waals surface area contributed by atoms with Crippen LogP contribution in [-0.2, 0) is 0 Å². The van der Waals surface area contributed by atoms with Crippen molar-refractivity contribution in [3.05, 3.63) is 72.8 Å². The Balaban J connectivity index is 0.000000145. The maximum absolute atomic E-state index is 5.82. The fourth-order valence-corrected chi connectivity index (χ4v) is 4.51. The molecule has 12 nitrogen and oxygen atoms in total. The van der Waals surface area contributed by atoms with Gasteiger partial charge >= 0.3 is 0 Å². The van der Waals surface area contributed by atoms with Gasteiger partial charge in [0.25, 0.3) is 0 Å². The van der Waals surface area contributed by atoms with Crippen LogP contribution in [0, 0.1) is 0 Å². The van der Waals surface area contributed by atoms with Crippen molar-refractivity contribution in [3.8, 4) is 0 Å². The summed E-state index contributed by atoms with van der Waals surface area (Å²) >= 11 is 0. The fraction of sp³-hybridized carbons (Fsp3) is 0. The van der Waals surface area contributed by atoms with E-state index in [1.165, 1.54) is 0 Å². The smallest absolute Gasteiger partial charge is 0.0628 e. The molecule has 42 heavy (non-hydrogen) atoms. The summed E-state index contributed by atoms with van der Waals surface area (Å²) in [4.78, 5) is 0. The quantitative estimate of drug-likeness (QED) is 0.118. The van der Waals surface area contributed by atoms with Crippen LogP contribution in [0.5, 0.6) is 0 Å². The van der Waals surface area contributed by atoms with Gasteiger partial charge in [-0.15, -0.1) is 0 Å². The Kier molecular flexibility index (Phi) is 7.56. The maximum Gasteiger partial charge on any atom is 0.0628 e. The molecule has 0 aliphatic rings. The minimum Gasteiger partial charge on any atom is -0.398 e. The van der Waals surface area contributed by atoms with Gasteiger partial charge in [0.1, 0.15) is 0 Å². The summed E-state index contributed by atoms with van der Waals surface area (Å²) in [7, 11) is 0. The lowest BCUT2D eigenvalue weighted by Crippen LogP contribution is -1.99. The summed E-state index contributed by atoms with van der Waals surface area (Å²) in [5.41, 5.74) is 75.7. The van der Waals surface area contributed by atoms with Crippen molar-refractivity contribution in [3.63, 3.8) is 0 Å². The summed E-state index contributed by atoms with van der Waals surface area (Å²) in [6, 6.07) is 21.2. The molecule has 0 saturated carbocycles. The molecule has 0 aliphatic heterocycles. The van der Waals surface area contributed by atoms with E-state index in [9.17, 15) is 0 Å². The number of nitrogen functional groups attached to an aromatic ring is 12. The molecule has 0 heterocycles. The number of nitrogens with two attached hydrogens (primary N) is 12. The van der Waals surface area contributed by atoms with Crippen LogP contribution in [0.3, 0.4) is 0 Å². The van der Waals surface area contributed by atoms with Crippen LogP contribution in [0.1, 0.15) is 0 Å². The highest BCUT2D eigenvalue weighted by atomic mass is 14.7. The molecular weight excluding hydrogens is 528 g/mol. The standard InChI is InChI=1S/3C10H12N4/c11-7-1-5-2-9(13)10(14)4-6(5)3-8(7)12;11-7-3-1-5-6(10(7)14)2-4-8(12)9(5)13;11-5-1-2-6(12)10-8(14)4-3-7(13)9(5)10/h3*1-4H,11-14H2. The number of fused-ring (bicyclic) bond motifs is 3. The molecule has 0 atom stereocenters. The topological polar surface area (TPSA) is 312 Å². The summed E-state index contributed by atoms with van der Waals surface area (Å²) < 4.78 is 0. The molecule has 6 aromatic carbocycles. The normalized spacial score (nSPS) is 10.6. The monoisotopic (exact) mass is 564 g/mol. The highest BCUT2D eigenvalue weighted by Gasteiger charge is 2.08. The van der Waals surface area contributed by atoms with Gasteiger partial charge < -0.3 is 68.8 Å². The lowest BCUT2D eigenvalue weighted by molar-refractivity contribution is 1.68. The second kappa shape index (κ2) is 11.1. The second-order valence-corrected chi connectivity index (χ2v) is 9.78. The van der Waals surface area contributed by atoms with Crippen LogP contribution >= 0.6 is 0 Å². The van der Waals surface area contributed by atoms with Gasteiger partial charge in [0.15, 0.2) is 0 Å². The molecule has 0 bridgehead atoms. The van der Waals surface area contributed by atoms with E-state index in [4.69, 9.17) is 68.8 Å². The van der Waals surface area contributed by atoms with Crippen LogP contribution in [-0.4, -0.2) is 0 Å². The number of benzene rings is 6. The van der Waals surface area contributed by atoms with Crippen molar-refractivity contribution < 1.29 is 0 Å². The number of hydrogen-bond donors (Lipinski definition) is 12. The summed E-state index contributed by atoms with van der Waals surface area (Å²) in [5.74, 6) is 0. The Bertz CT molecular complexity index is 1740. The molecule has 0 fully saturated rings. The zero-order valence-corrected chi connectivity index (χ0v) is 22.9. The third kappa shape index (κ3) is 5.40. The van der Waals surface area contributed by atoms with Crippen molar-refractivity contribution >= 4 is 101 Å². The first-order valence-electron chi connectivity index (χ1n) is 12.7. The number of rotatable bonds is 0. The highest BCUT2D eigenvalue weighted by Crippen LogP contribution is 2.35. The average molecular weight is 565 g/mol. The van der Waals surface area contributed by atoms with E-state index in [0.29, 0.717) is 68.2 Å². The van der Waals surface area contributed by atoms with Gasteiger partial charge in [0, 0.05) is 44.3 Å². The van der Waals surface area contributed by atoms with Gasteiger partial charge in [0.05, 0.1) is 45.5 Å². The molecule has 0 aliphatic carbocycles. The molecule has 0 unspecified atom stereocenters. The van der Waals surface area contributed by atoms with Gasteiger partial charge in [-0.3, -0.25) is 0 Å². The van der Waals surface area contributed by atoms with Crippen LogP contribution in [0.2, 0.25) is 0 Å². The summed E-state index contributed by atoms with van der Waals surface area (Å²) in [6.45, 7) is 0. The lowest BCUT2D eigenvalue weighted by Gasteiger charge is -2.10. The molecule has 0 aromatic heterocycles. The summed E-state index contributed by atoms with van der Waals surface area (Å²) in [5, 5.41) is 5.07. The molecule has 6 rings (SSSR count). The van der Waals surface area contributed by atoms with Crippen molar-refractivity contribution in [2.24, 2.45) is 0 Å². The predicted octanol–water partition coefficient (Wildman–Crippen LogP) is 3.51. The zero-order valence-electron chi connectivity index (χ0n) is 22.9. The van der Waals surface area contributed by atoms with Crippen molar-refractivity contribution in [2.75, 3.05) is 68.8 Å². The molecule has 0 spiro atoms. The van der Waals surface area contributed by atoms with E-state index in [1.807, 2.05) is 12.1 Å². The minimum atomic E-state index is 0.550. The Morgan fingerprint density at radius 2 is 0.500 bits per heavy atom. The average Bonchev–Trinajstić information content (AvgIpc) is 2.94. The zero-order chi connectivity index (χ0) is 30.9. The van der Waals surface area contributed by atoms with E-state index in [1.54, 1.807) is 60.7 Å². The molecule has 216 valence electrons. The molecule has 12 heteroatoms. The highest BCUT2D eigenvalue weighted by molar-refractivity contribution is 6.12. The molecule has 0 amide bonds. The van der Waals surface area contributed by atoms with E-state index >= 15 is 0 Å². The Morgan fingerprint density at radius 3 is 0.762 bits per heavy atom. The molecule has 0 saturated heterocycles. The molecule has 0 radical (unpaired) electrons. The Labute approximate surface area is 242 Å².